The zero-order valence-electron chi connectivity index (χ0n) is 12.2. The number of nitro groups is 1. The molecule has 0 aromatic heterocycles. The third kappa shape index (κ3) is 3.07. The lowest BCUT2D eigenvalue weighted by atomic mass is 10.00. The maximum atomic E-state index is 14.2. The molecule has 0 unspecified atom stereocenters. The lowest BCUT2D eigenvalue weighted by Crippen LogP contribution is -2.20. The summed E-state index contributed by atoms with van der Waals surface area (Å²) in [6.45, 7) is -0.322. The number of halogens is 2. The van der Waals surface area contributed by atoms with Crippen LogP contribution in [0.1, 0.15) is 11.1 Å². The summed E-state index contributed by atoms with van der Waals surface area (Å²) in [4.78, 5) is 10.1. The third-order valence-electron chi connectivity index (χ3n) is 3.49. The molecule has 1 N–H and O–H groups in total. The van der Waals surface area contributed by atoms with Crippen molar-refractivity contribution in [2.75, 3.05) is 11.9 Å². The maximum Gasteiger partial charge on any atom is 0.260 e. The summed E-state index contributed by atoms with van der Waals surface area (Å²) in [6, 6.07) is 10.5. The van der Waals surface area contributed by atoms with Crippen LogP contribution >= 0.6 is 11.6 Å². The van der Waals surface area contributed by atoms with Gasteiger partial charge in [0.25, 0.3) is 6.20 Å². The third-order valence-corrected chi connectivity index (χ3v) is 3.72. The number of nitrogens with zero attached hydrogens (tertiary/aromatic N) is 2. The summed E-state index contributed by atoms with van der Waals surface area (Å²) in [6.07, 6.45) is 0.716. The zero-order valence-corrected chi connectivity index (χ0v) is 13.0. The van der Waals surface area contributed by atoms with Gasteiger partial charge < -0.3 is 10.5 Å². The van der Waals surface area contributed by atoms with Crippen LogP contribution in [0.5, 0.6) is 0 Å². The monoisotopic (exact) mass is 347 g/mol. The normalized spacial score (nSPS) is 15.7. The van der Waals surface area contributed by atoms with E-state index in [1.807, 2.05) is 0 Å². The second kappa shape index (κ2) is 6.29. The molecular formula is C16H11ClFN3O3. The maximum absolute atomic E-state index is 14.2. The van der Waals surface area contributed by atoms with Gasteiger partial charge in [-0.15, -0.1) is 0 Å². The molecule has 24 heavy (non-hydrogen) atoms. The Morgan fingerprint density at radius 2 is 2.00 bits per heavy atom. The fourth-order valence-corrected chi connectivity index (χ4v) is 2.71. The Balaban J connectivity index is 2.28. The lowest BCUT2D eigenvalue weighted by Gasteiger charge is -2.10. The van der Waals surface area contributed by atoms with Crippen LogP contribution in [0, 0.1) is 21.1 Å². The van der Waals surface area contributed by atoms with Crippen LogP contribution in [-0.2, 0) is 0 Å². The minimum atomic E-state index is -0.653. The number of hydroxylamine groups is 1. The van der Waals surface area contributed by atoms with Crippen molar-refractivity contribution in [1.29, 1.82) is 0 Å². The summed E-state index contributed by atoms with van der Waals surface area (Å²) in [5.74, 6) is -0.569. The number of benzene rings is 2. The Bertz CT molecular complexity index is 896. The van der Waals surface area contributed by atoms with Crippen LogP contribution in [0.25, 0.3) is 0 Å². The Morgan fingerprint density at radius 3 is 2.71 bits per heavy atom. The van der Waals surface area contributed by atoms with Gasteiger partial charge in [-0.1, -0.05) is 23.7 Å². The van der Waals surface area contributed by atoms with Crippen molar-refractivity contribution in [2.24, 2.45) is 0 Å². The number of hydrogen-bond acceptors (Lipinski definition) is 4. The van der Waals surface area contributed by atoms with E-state index >= 15 is 0 Å². The molecule has 1 aliphatic rings. The molecule has 0 aliphatic carbocycles. The van der Waals surface area contributed by atoms with Crippen LogP contribution in [0.15, 0.2) is 54.4 Å². The van der Waals surface area contributed by atoms with E-state index in [1.54, 1.807) is 18.2 Å². The summed E-state index contributed by atoms with van der Waals surface area (Å²) in [7, 11) is 0. The highest BCUT2D eigenvalue weighted by Gasteiger charge is 2.28. The van der Waals surface area contributed by atoms with Gasteiger partial charge >= 0.3 is 0 Å². The van der Waals surface area contributed by atoms with E-state index in [2.05, 4.69) is 5.32 Å². The average molecular weight is 348 g/mol. The highest BCUT2D eigenvalue weighted by atomic mass is 35.5. The molecule has 8 heteroatoms. The standard InChI is InChI=1S/C16H11ClFN3O3/c17-10-5-6-15-13(7-10)16(12-3-1-2-4-14(12)18)20(22)8-11(19-15)9-21(23)24/h1-7,9,19H,8H2. The molecule has 0 amide bonds. The molecule has 0 spiro atoms. The van der Waals surface area contributed by atoms with E-state index in [0.717, 1.165) is 0 Å². The molecule has 6 nitrogen and oxygen atoms in total. The smallest absolute Gasteiger partial charge is 0.260 e. The van der Waals surface area contributed by atoms with Crippen molar-refractivity contribution in [2.45, 2.75) is 0 Å². The topological polar surface area (TPSA) is 81.2 Å². The molecular weight excluding hydrogens is 337 g/mol. The number of nitrogens with one attached hydrogen (secondary N) is 1. The van der Waals surface area contributed by atoms with E-state index in [9.17, 15) is 19.7 Å². The van der Waals surface area contributed by atoms with E-state index in [0.29, 0.717) is 27.2 Å². The Hall–Kier alpha value is -2.93. The fourth-order valence-electron chi connectivity index (χ4n) is 2.54. The summed E-state index contributed by atoms with van der Waals surface area (Å²) < 4.78 is 14.7. The first-order valence-corrected chi connectivity index (χ1v) is 7.31. The van der Waals surface area contributed by atoms with E-state index in [1.165, 1.54) is 24.3 Å². The summed E-state index contributed by atoms with van der Waals surface area (Å²) in [5.41, 5.74) is 1.05. The average Bonchev–Trinajstić information content (AvgIpc) is 2.63. The quantitative estimate of drug-likeness (QED) is 0.391. The highest BCUT2D eigenvalue weighted by Crippen LogP contribution is 2.28. The van der Waals surface area contributed by atoms with Crippen molar-refractivity contribution < 1.29 is 14.1 Å². The highest BCUT2D eigenvalue weighted by molar-refractivity contribution is 6.31. The lowest BCUT2D eigenvalue weighted by molar-refractivity contribution is -0.450. The predicted octanol–water partition coefficient (Wildman–Crippen LogP) is 3.37. The molecule has 2 aromatic rings. The van der Waals surface area contributed by atoms with Gasteiger partial charge in [-0.05, 0) is 30.3 Å². The molecule has 0 atom stereocenters. The largest absolute Gasteiger partial charge is 0.623 e. The second-order valence-electron chi connectivity index (χ2n) is 5.12. The van der Waals surface area contributed by atoms with Crippen molar-refractivity contribution in [3.63, 3.8) is 0 Å². The van der Waals surface area contributed by atoms with Gasteiger partial charge in [0.2, 0.25) is 5.71 Å². The predicted molar refractivity (Wildman–Crippen MR) is 88.3 cm³/mol. The van der Waals surface area contributed by atoms with Gasteiger partial charge in [0.1, 0.15) is 5.82 Å². The number of anilines is 1. The molecule has 1 heterocycles. The number of benzodiazepines with no additional fused rings is 1. The molecule has 122 valence electrons. The molecule has 0 saturated heterocycles. The van der Waals surface area contributed by atoms with Crippen LogP contribution < -0.4 is 5.32 Å². The Morgan fingerprint density at radius 1 is 1.25 bits per heavy atom. The molecule has 3 rings (SSSR count). The number of fused-ring (bicyclic) bond motifs is 1. The first-order valence-electron chi connectivity index (χ1n) is 6.93. The van der Waals surface area contributed by atoms with Gasteiger partial charge in [0.15, 0.2) is 12.2 Å². The van der Waals surface area contributed by atoms with E-state index in [4.69, 9.17) is 11.6 Å². The van der Waals surface area contributed by atoms with Crippen LogP contribution in [0.3, 0.4) is 0 Å². The Kier molecular flexibility index (Phi) is 4.18. The van der Waals surface area contributed by atoms with E-state index in [-0.39, 0.29) is 23.5 Å². The Labute approximate surface area is 141 Å². The molecule has 0 radical (unpaired) electrons. The van der Waals surface area contributed by atoms with Crippen molar-refractivity contribution in [3.8, 4) is 0 Å². The van der Waals surface area contributed by atoms with Crippen LogP contribution in [0.2, 0.25) is 5.02 Å². The van der Waals surface area contributed by atoms with Gasteiger partial charge in [0.05, 0.1) is 21.7 Å². The van der Waals surface area contributed by atoms with Crippen molar-refractivity contribution in [3.05, 3.63) is 91.6 Å². The first-order chi connectivity index (χ1) is 11.5. The minimum Gasteiger partial charge on any atom is -0.623 e. The van der Waals surface area contributed by atoms with Crippen LogP contribution in [-0.4, -0.2) is 21.9 Å². The number of rotatable bonds is 2. The summed E-state index contributed by atoms with van der Waals surface area (Å²) >= 11 is 6.01. The first kappa shape index (κ1) is 15.9. The molecule has 0 bridgehead atoms. The SMILES string of the molecule is O=[N+]([O-])C=C1C[N+]([O-])=C(c2ccccc2F)c2cc(Cl)ccc2N1. The van der Waals surface area contributed by atoms with Crippen molar-refractivity contribution >= 4 is 23.0 Å². The minimum absolute atomic E-state index is 0.0600. The van der Waals surface area contributed by atoms with E-state index < -0.39 is 10.7 Å². The van der Waals surface area contributed by atoms with Gasteiger partial charge in [-0.25, -0.2) is 4.39 Å². The van der Waals surface area contributed by atoms with Gasteiger partial charge in [0, 0.05) is 5.02 Å². The molecule has 0 saturated carbocycles. The zero-order chi connectivity index (χ0) is 17.3. The fraction of sp³-hybridized carbons (Fsp3) is 0.0625. The summed E-state index contributed by atoms with van der Waals surface area (Å²) in [5, 5.41) is 26.5. The molecule has 1 aliphatic heterocycles. The number of hydrogen-bond donors (Lipinski definition) is 1. The molecule has 2 aromatic carbocycles. The van der Waals surface area contributed by atoms with Gasteiger partial charge in [-0.2, -0.15) is 4.74 Å². The second-order valence-corrected chi connectivity index (χ2v) is 5.56. The van der Waals surface area contributed by atoms with Crippen molar-refractivity contribution in [1.82, 2.24) is 0 Å². The van der Waals surface area contributed by atoms with Crippen LogP contribution in [0.4, 0.5) is 10.1 Å². The molecule has 0 fully saturated rings. The van der Waals surface area contributed by atoms with Gasteiger partial charge in [-0.3, -0.25) is 10.1 Å².